The smallest absolute Gasteiger partial charge is 0.275 e. The molecule has 3 aromatic heterocycles. The lowest BCUT2D eigenvalue weighted by atomic mass is 10.2. The molecule has 0 bridgehead atoms. The van der Waals surface area contributed by atoms with Crippen LogP contribution in [0.3, 0.4) is 0 Å². The number of amides is 1. The van der Waals surface area contributed by atoms with Gasteiger partial charge >= 0.3 is 0 Å². The molecule has 2 aromatic carbocycles. The lowest BCUT2D eigenvalue weighted by Gasteiger charge is -2.08. The first-order valence-corrected chi connectivity index (χ1v) is 9.32. The van der Waals surface area contributed by atoms with Crippen molar-refractivity contribution in [3.63, 3.8) is 0 Å². The van der Waals surface area contributed by atoms with Gasteiger partial charge in [-0.05, 0) is 30.3 Å². The number of para-hydroxylation sites is 2. The summed E-state index contributed by atoms with van der Waals surface area (Å²) in [6.45, 7) is -0.183. The molecule has 0 aliphatic rings. The summed E-state index contributed by atoms with van der Waals surface area (Å²) >= 11 is 0. The Morgan fingerprint density at radius 1 is 0.933 bits per heavy atom. The summed E-state index contributed by atoms with van der Waals surface area (Å²) in [5.41, 5.74) is 2.05. The molecule has 0 aliphatic carbocycles. The maximum Gasteiger partial charge on any atom is 0.275 e. The Balaban J connectivity index is 1.33. The van der Waals surface area contributed by atoms with E-state index < -0.39 is 0 Å². The van der Waals surface area contributed by atoms with Gasteiger partial charge in [0.1, 0.15) is 18.7 Å². The fourth-order valence-electron chi connectivity index (χ4n) is 3.32. The number of nitrogens with one attached hydrogen (secondary N) is 1. The Morgan fingerprint density at radius 2 is 1.77 bits per heavy atom. The van der Waals surface area contributed by atoms with Gasteiger partial charge in [-0.1, -0.05) is 30.3 Å². The zero-order valence-corrected chi connectivity index (χ0v) is 15.8. The minimum Gasteiger partial charge on any atom is -0.323 e. The first-order valence-electron chi connectivity index (χ1n) is 9.32. The molecule has 0 unspecified atom stereocenters. The number of nitrogens with zero attached hydrogens (tertiary/aromatic N) is 5. The number of hydrogen-bond acceptors (Lipinski definition) is 5. The third-order valence-electron chi connectivity index (χ3n) is 4.79. The molecule has 1 amide bonds. The Labute approximate surface area is 170 Å². The number of benzene rings is 2. The minimum atomic E-state index is -0.359. The van der Waals surface area contributed by atoms with Gasteiger partial charge in [0.15, 0.2) is 0 Å². The Bertz CT molecular complexity index is 1440. The van der Waals surface area contributed by atoms with Crippen molar-refractivity contribution in [1.29, 1.82) is 0 Å². The van der Waals surface area contributed by atoms with E-state index in [4.69, 9.17) is 0 Å². The molecule has 8 heteroatoms. The SMILES string of the molecule is O=C(Cn1ncc2ccccc2c1=O)Nc1ccc(-n2cnc3ccccc32)nc1. The monoisotopic (exact) mass is 396 g/mol. The molecule has 0 saturated heterocycles. The number of carbonyl (C=O) groups excluding carboxylic acids is 1. The van der Waals surface area contributed by atoms with Gasteiger partial charge in [0, 0.05) is 5.39 Å². The van der Waals surface area contributed by atoms with Crippen molar-refractivity contribution in [2.75, 3.05) is 5.32 Å². The van der Waals surface area contributed by atoms with E-state index in [0.29, 0.717) is 16.9 Å². The zero-order valence-electron chi connectivity index (χ0n) is 15.8. The molecule has 3 heterocycles. The molecule has 0 fully saturated rings. The summed E-state index contributed by atoms with van der Waals surface area (Å²) in [6.07, 6.45) is 4.86. The van der Waals surface area contributed by atoms with Crippen molar-refractivity contribution in [1.82, 2.24) is 24.3 Å². The summed E-state index contributed by atoms with van der Waals surface area (Å²) in [7, 11) is 0. The van der Waals surface area contributed by atoms with Gasteiger partial charge in [-0.3, -0.25) is 14.2 Å². The topological polar surface area (TPSA) is 94.7 Å². The van der Waals surface area contributed by atoms with Gasteiger partial charge in [0.25, 0.3) is 5.56 Å². The van der Waals surface area contributed by atoms with Crippen molar-refractivity contribution in [3.05, 3.63) is 89.7 Å². The van der Waals surface area contributed by atoms with Crippen LogP contribution in [0.2, 0.25) is 0 Å². The number of rotatable bonds is 4. The number of imidazole rings is 1. The van der Waals surface area contributed by atoms with Crippen LogP contribution in [0.15, 0.2) is 84.2 Å². The second-order valence-corrected chi connectivity index (χ2v) is 6.75. The van der Waals surface area contributed by atoms with Gasteiger partial charge in [-0.2, -0.15) is 5.10 Å². The first kappa shape index (κ1) is 17.7. The highest BCUT2D eigenvalue weighted by Crippen LogP contribution is 2.17. The number of aromatic nitrogens is 5. The summed E-state index contributed by atoms with van der Waals surface area (Å²) in [6, 6.07) is 18.5. The van der Waals surface area contributed by atoms with Crippen LogP contribution in [-0.4, -0.2) is 30.2 Å². The molecule has 5 rings (SSSR count). The number of pyridine rings is 1. The maximum absolute atomic E-state index is 12.5. The van der Waals surface area contributed by atoms with Crippen molar-refractivity contribution in [2.45, 2.75) is 6.54 Å². The largest absolute Gasteiger partial charge is 0.323 e. The molecule has 1 N–H and O–H groups in total. The molecular formula is C22H16N6O2. The number of anilines is 1. The molecule has 30 heavy (non-hydrogen) atoms. The normalized spacial score (nSPS) is 11.1. The van der Waals surface area contributed by atoms with Gasteiger partial charge in [0.05, 0.1) is 34.5 Å². The van der Waals surface area contributed by atoms with Crippen molar-refractivity contribution in [2.24, 2.45) is 0 Å². The number of hydrogen-bond donors (Lipinski definition) is 1. The van der Waals surface area contributed by atoms with Crippen LogP contribution in [0.25, 0.3) is 27.6 Å². The van der Waals surface area contributed by atoms with E-state index in [1.807, 2.05) is 41.0 Å². The quantitative estimate of drug-likeness (QED) is 0.504. The van der Waals surface area contributed by atoms with Gasteiger partial charge in [0.2, 0.25) is 5.91 Å². The first-order chi connectivity index (χ1) is 14.7. The van der Waals surface area contributed by atoms with Crippen molar-refractivity contribution >= 4 is 33.4 Å². The lowest BCUT2D eigenvalue weighted by Crippen LogP contribution is -2.29. The molecule has 0 spiro atoms. The zero-order chi connectivity index (χ0) is 20.5. The average Bonchev–Trinajstić information content (AvgIpc) is 3.21. The third kappa shape index (κ3) is 3.20. The fraction of sp³-hybridized carbons (Fsp3) is 0.0455. The third-order valence-corrected chi connectivity index (χ3v) is 4.79. The molecule has 146 valence electrons. The number of carbonyl (C=O) groups is 1. The van der Waals surface area contributed by atoms with E-state index in [9.17, 15) is 9.59 Å². The van der Waals surface area contributed by atoms with E-state index in [0.717, 1.165) is 21.1 Å². The summed E-state index contributed by atoms with van der Waals surface area (Å²) < 4.78 is 3.02. The average molecular weight is 396 g/mol. The predicted octanol–water partition coefficient (Wildman–Crippen LogP) is 2.77. The Morgan fingerprint density at radius 3 is 2.63 bits per heavy atom. The minimum absolute atomic E-state index is 0.183. The summed E-state index contributed by atoms with van der Waals surface area (Å²) in [5.74, 6) is 0.330. The van der Waals surface area contributed by atoms with E-state index in [1.165, 1.54) is 0 Å². The van der Waals surface area contributed by atoms with Gasteiger partial charge < -0.3 is 5.32 Å². The van der Waals surface area contributed by atoms with E-state index in [1.54, 1.807) is 43.0 Å². The summed E-state index contributed by atoms with van der Waals surface area (Å²) in [5, 5.41) is 8.10. The molecule has 0 saturated carbocycles. The standard InChI is InChI=1S/C22H16N6O2/c29-21(13-28-22(30)17-6-2-1-5-15(17)11-25-28)26-16-9-10-20(23-12-16)27-14-24-18-7-3-4-8-19(18)27/h1-12,14H,13H2,(H,26,29). The summed E-state index contributed by atoms with van der Waals surface area (Å²) in [4.78, 5) is 33.7. The van der Waals surface area contributed by atoms with E-state index in [-0.39, 0.29) is 18.0 Å². The molecule has 8 nitrogen and oxygen atoms in total. The van der Waals surface area contributed by atoms with Crippen LogP contribution >= 0.6 is 0 Å². The van der Waals surface area contributed by atoms with Crippen LogP contribution in [-0.2, 0) is 11.3 Å². The Hall–Kier alpha value is -4.33. The fourth-order valence-corrected chi connectivity index (χ4v) is 3.32. The maximum atomic E-state index is 12.5. The highest BCUT2D eigenvalue weighted by Gasteiger charge is 2.10. The number of fused-ring (bicyclic) bond motifs is 2. The van der Waals surface area contributed by atoms with Gasteiger partial charge in [-0.25, -0.2) is 14.6 Å². The van der Waals surface area contributed by atoms with Gasteiger partial charge in [-0.15, -0.1) is 0 Å². The van der Waals surface area contributed by atoms with Crippen LogP contribution in [0.4, 0.5) is 5.69 Å². The molecule has 0 atom stereocenters. The second kappa shape index (κ2) is 7.25. The van der Waals surface area contributed by atoms with Crippen molar-refractivity contribution < 1.29 is 4.79 Å². The lowest BCUT2D eigenvalue weighted by molar-refractivity contribution is -0.117. The van der Waals surface area contributed by atoms with Crippen LogP contribution in [0.5, 0.6) is 0 Å². The van der Waals surface area contributed by atoms with Crippen LogP contribution in [0.1, 0.15) is 0 Å². The molecular weight excluding hydrogens is 380 g/mol. The Kier molecular flexibility index (Phi) is 4.29. The van der Waals surface area contributed by atoms with E-state index >= 15 is 0 Å². The molecule has 0 aliphatic heterocycles. The highest BCUT2D eigenvalue weighted by molar-refractivity contribution is 5.90. The molecule has 5 aromatic rings. The molecule has 0 radical (unpaired) electrons. The van der Waals surface area contributed by atoms with E-state index in [2.05, 4.69) is 20.4 Å². The van der Waals surface area contributed by atoms with Crippen LogP contribution in [0, 0.1) is 0 Å². The second-order valence-electron chi connectivity index (χ2n) is 6.75. The van der Waals surface area contributed by atoms with Crippen LogP contribution < -0.4 is 10.9 Å². The predicted molar refractivity (Wildman–Crippen MR) is 113 cm³/mol. The highest BCUT2D eigenvalue weighted by atomic mass is 16.2. The van der Waals surface area contributed by atoms with Crippen molar-refractivity contribution in [3.8, 4) is 5.82 Å².